The van der Waals surface area contributed by atoms with Crippen molar-refractivity contribution >= 4 is 18.3 Å². The third-order valence-corrected chi connectivity index (χ3v) is 4.65. The van der Waals surface area contributed by atoms with E-state index < -0.39 is 5.54 Å². The monoisotopic (exact) mass is 318 g/mol. The van der Waals surface area contributed by atoms with E-state index in [0.717, 1.165) is 58.2 Å². The van der Waals surface area contributed by atoms with Crippen LogP contribution in [-0.4, -0.2) is 42.1 Å². The Kier molecular flexibility index (Phi) is 7.45. The first-order valence-corrected chi connectivity index (χ1v) is 8.21. The molecule has 1 saturated heterocycles. The Morgan fingerprint density at radius 2 is 2.00 bits per heavy atom. The summed E-state index contributed by atoms with van der Waals surface area (Å²) < 4.78 is 5.88. The molecular formula is C16H31ClN2O2. The first kappa shape index (κ1) is 18.7. The molecule has 0 aromatic carbocycles. The quantitative estimate of drug-likeness (QED) is 0.848. The molecule has 1 aliphatic heterocycles. The maximum Gasteiger partial charge on any atom is 0.242 e. The molecule has 0 aromatic heterocycles. The normalized spacial score (nSPS) is 25.0. The van der Waals surface area contributed by atoms with Gasteiger partial charge in [-0.15, -0.1) is 12.4 Å². The average Bonchev–Trinajstić information content (AvgIpc) is 2.87. The molecule has 2 fully saturated rings. The molecule has 2 N–H and O–H groups in total. The van der Waals surface area contributed by atoms with Crippen molar-refractivity contribution in [3.63, 3.8) is 0 Å². The second-order valence-corrected chi connectivity index (χ2v) is 6.93. The molecule has 0 aromatic rings. The van der Waals surface area contributed by atoms with Crippen LogP contribution in [0, 0.1) is 5.92 Å². The lowest BCUT2D eigenvalue weighted by Crippen LogP contribution is -2.55. The number of hydrogen-bond acceptors (Lipinski definition) is 3. The summed E-state index contributed by atoms with van der Waals surface area (Å²) in [6, 6.07) is 0. The van der Waals surface area contributed by atoms with Crippen molar-refractivity contribution in [2.75, 3.05) is 19.7 Å². The lowest BCUT2D eigenvalue weighted by molar-refractivity contribution is -0.137. The van der Waals surface area contributed by atoms with E-state index in [1.165, 1.54) is 6.42 Å². The molecule has 1 unspecified atom stereocenters. The van der Waals surface area contributed by atoms with Gasteiger partial charge in [0.2, 0.25) is 5.91 Å². The van der Waals surface area contributed by atoms with Crippen LogP contribution in [0.3, 0.4) is 0 Å². The Morgan fingerprint density at radius 1 is 1.33 bits per heavy atom. The molecule has 124 valence electrons. The summed E-state index contributed by atoms with van der Waals surface area (Å²) in [7, 11) is 0. The Bertz CT molecular complexity index is 330. The van der Waals surface area contributed by atoms with E-state index in [1.807, 2.05) is 4.90 Å². The van der Waals surface area contributed by atoms with E-state index >= 15 is 0 Å². The number of likely N-dealkylation sites (tertiary alicyclic amines) is 1. The lowest BCUT2D eigenvalue weighted by Gasteiger charge is -2.35. The van der Waals surface area contributed by atoms with E-state index in [2.05, 4.69) is 13.8 Å². The molecular weight excluding hydrogens is 288 g/mol. The zero-order chi connectivity index (χ0) is 14.6. The fraction of sp³-hybridized carbons (Fsp3) is 0.938. The second-order valence-electron chi connectivity index (χ2n) is 6.93. The van der Waals surface area contributed by atoms with E-state index in [9.17, 15) is 4.79 Å². The van der Waals surface area contributed by atoms with Crippen LogP contribution in [-0.2, 0) is 9.53 Å². The van der Waals surface area contributed by atoms with Gasteiger partial charge in [-0.3, -0.25) is 4.79 Å². The van der Waals surface area contributed by atoms with Crippen molar-refractivity contribution in [2.45, 2.75) is 70.4 Å². The number of carbonyl (C=O) groups excluding carboxylic acids is 1. The number of halogens is 1. The molecule has 2 rings (SSSR count). The highest BCUT2D eigenvalue weighted by Crippen LogP contribution is 2.29. The number of rotatable bonds is 5. The minimum absolute atomic E-state index is 0. The predicted octanol–water partition coefficient (Wildman–Crippen LogP) is 2.73. The van der Waals surface area contributed by atoms with Gasteiger partial charge in [-0.2, -0.15) is 0 Å². The maximum absolute atomic E-state index is 12.6. The summed E-state index contributed by atoms with van der Waals surface area (Å²) in [4.78, 5) is 14.5. The zero-order valence-electron chi connectivity index (χ0n) is 13.5. The SMILES string of the molecule is CC(C)CCOC1CCN(C(=O)C2(N)CCCCC2)C1.Cl. The summed E-state index contributed by atoms with van der Waals surface area (Å²) >= 11 is 0. The van der Waals surface area contributed by atoms with Gasteiger partial charge < -0.3 is 15.4 Å². The van der Waals surface area contributed by atoms with Gasteiger partial charge in [0.1, 0.15) is 0 Å². The van der Waals surface area contributed by atoms with Gasteiger partial charge in [-0.1, -0.05) is 33.1 Å². The minimum Gasteiger partial charge on any atom is -0.376 e. The van der Waals surface area contributed by atoms with Crippen molar-refractivity contribution in [3.8, 4) is 0 Å². The van der Waals surface area contributed by atoms with Gasteiger partial charge in [0.05, 0.1) is 11.6 Å². The van der Waals surface area contributed by atoms with E-state index in [1.54, 1.807) is 0 Å². The highest BCUT2D eigenvalue weighted by Gasteiger charge is 2.40. The summed E-state index contributed by atoms with van der Waals surface area (Å²) in [6.45, 7) is 6.75. The van der Waals surface area contributed by atoms with Gasteiger partial charge in [0.15, 0.2) is 0 Å². The van der Waals surface area contributed by atoms with Crippen molar-refractivity contribution in [1.29, 1.82) is 0 Å². The van der Waals surface area contributed by atoms with Crippen LogP contribution in [0.4, 0.5) is 0 Å². The van der Waals surface area contributed by atoms with Crippen LogP contribution in [0.15, 0.2) is 0 Å². The van der Waals surface area contributed by atoms with Gasteiger partial charge in [0.25, 0.3) is 0 Å². The van der Waals surface area contributed by atoms with E-state index in [4.69, 9.17) is 10.5 Å². The van der Waals surface area contributed by atoms with Crippen LogP contribution in [0.1, 0.15) is 58.8 Å². The van der Waals surface area contributed by atoms with Crippen molar-refractivity contribution in [1.82, 2.24) is 4.90 Å². The maximum atomic E-state index is 12.6. The van der Waals surface area contributed by atoms with Crippen LogP contribution in [0.25, 0.3) is 0 Å². The molecule has 0 spiro atoms. The summed E-state index contributed by atoms with van der Waals surface area (Å²) in [6.07, 6.45) is 7.35. The number of ether oxygens (including phenoxy) is 1. The standard InChI is InChI=1S/C16H30N2O2.ClH/c1-13(2)7-11-20-14-6-10-18(12-14)15(19)16(17)8-4-3-5-9-16;/h13-14H,3-12,17H2,1-2H3;1H. The van der Waals surface area contributed by atoms with Crippen LogP contribution < -0.4 is 5.73 Å². The fourth-order valence-corrected chi connectivity index (χ4v) is 3.23. The molecule has 1 saturated carbocycles. The smallest absolute Gasteiger partial charge is 0.242 e. The number of hydrogen-bond donors (Lipinski definition) is 1. The highest BCUT2D eigenvalue weighted by molar-refractivity contribution is 5.86. The fourth-order valence-electron chi connectivity index (χ4n) is 3.23. The molecule has 5 heteroatoms. The lowest BCUT2D eigenvalue weighted by atomic mass is 9.81. The zero-order valence-corrected chi connectivity index (χ0v) is 14.3. The molecule has 1 heterocycles. The van der Waals surface area contributed by atoms with E-state index in [0.29, 0.717) is 5.92 Å². The van der Waals surface area contributed by atoms with Gasteiger partial charge in [0, 0.05) is 19.7 Å². The first-order chi connectivity index (χ1) is 9.51. The van der Waals surface area contributed by atoms with Crippen LogP contribution >= 0.6 is 12.4 Å². The Balaban J connectivity index is 0.00000220. The van der Waals surface area contributed by atoms with Gasteiger partial charge in [-0.05, 0) is 31.6 Å². The van der Waals surface area contributed by atoms with Gasteiger partial charge >= 0.3 is 0 Å². The Labute approximate surface area is 135 Å². The first-order valence-electron chi connectivity index (χ1n) is 8.21. The number of nitrogens with two attached hydrogens (primary N) is 1. The van der Waals surface area contributed by atoms with Crippen molar-refractivity contribution < 1.29 is 9.53 Å². The van der Waals surface area contributed by atoms with Crippen molar-refractivity contribution in [3.05, 3.63) is 0 Å². The molecule has 1 aliphatic carbocycles. The molecule has 0 bridgehead atoms. The van der Waals surface area contributed by atoms with Crippen LogP contribution in [0.5, 0.6) is 0 Å². The number of nitrogens with zero attached hydrogens (tertiary/aromatic N) is 1. The topological polar surface area (TPSA) is 55.6 Å². The van der Waals surface area contributed by atoms with Crippen molar-refractivity contribution in [2.24, 2.45) is 11.7 Å². The summed E-state index contributed by atoms with van der Waals surface area (Å²) in [5.74, 6) is 0.829. The summed E-state index contributed by atoms with van der Waals surface area (Å²) in [5.41, 5.74) is 5.74. The minimum atomic E-state index is -0.592. The Morgan fingerprint density at radius 3 is 2.62 bits per heavy atom. The number of carbonyl (C=O) groups is 1. The molecule has 4 nitrogen and oxygen atoms in total. The molecule has 1 atom stereocenters. The molecule has 21 heavy (non-hydrogen) atoms. The second kappa shape index (κ2) is 8.35. The predicted molar refractivity (Wildman–Crippen MR) is 87.6 cm³/mol. The van der Waals surface area contributed by atoms with Gasteiger partial charge in [-0.25, -0.2) is 0 Å². The Hall–Kier alpha value is -0.320. The number of amides is 1. The molecule has 0 radical (unpaired) electrons. The average molecular weight is 319 g/mol. The van der Waals surface area contributed by atoms with Crippen LogP contribution in [0.2, 0.25) is 0 Å². The summed E-state index contributed by atoms with van der Waals surface area (Å²) in [5, 5.41) is 0. The molecule has 1 amide bonds. The highest BCUT2D eigenvalue weighted by atomic mass is 35.5. The van der Waals surface area contributed by atoms with E-state index in [-0.39, 0.29) is 24.4 Å². The third-order valence-electron chi connectivity index (χ3n) is 4.65. The third kappa shape index (κ3) is 5.11. The molecule has 2 aliphatic rings. The largest absolute Gasteiger partial charge is 0.376 e.